The normalized spacial score (nSPS) is 10.8. The summed E-state index contributed by atoms with van der Waals surface area (Å²) in [6, 6.07) is 13.7. The standard InChI is InChI=1S/C13H9ClN2/c14-10-5-3-9(4-6-10)12-8-13-11(16-12)2-1-7-15-13/h1-8,16H. The van der Waals surface area contributed by atoms with Gasteiger partial charge in [-0.25, -0.2) is 0 Å². The van der Waals surface area contributed by atoms with E-state index < -0.39 is 0 Å². The van der Waals surface area contributed by atoms with Crippen LogP contribution >= 0.6 is 11.6 Å². The van der Waals surface area contributed by atoms with Gasteiger partial charge in [-0.2, -0.15) is 0 Å². The van der Waals surface area contributed by atoms with Gasteiger partial charge in [0.25, 0.3) is 0 Å². The Morgan fingerprint density at radius 2 is 1.88 bits per heavy atom. The Balaban J connectivity index is 2.15. The average Bonchev–Trinajstić information content (AvgIpc) is 2.73. The quantitative estimate of drug-likeness (QED) is 0.673. The van der Waals surface area contributed by atoms with Crippen molar-refractivity contribution < 1.29 is 0 Å². The lowest BCUT2D eigenvalue weighted by Crippen LogP contribution is -1.75. The molecular formula is C13H9ClN2. The van der Waals surface area contributed by atoms with Gasteiger partial charge in [-0.05, 0) is 35.9 Å². The van der Waals surface area contributed by atoms with Crippen molar-refractivity contribution >= 4 is 22.6 Å². The molecule has 0 atom stereocenters. The maximum absolute atomic E-state index is 5.86. The fraction of sp³-hybridized carbons (Fsp3) is 0. The highest BCUT2D eigenvalue weighted by Crippen LogP contribution is 2.23. The Labute approximate surface area is 97.9 Å². The maximum atomic E-state index is 5.86. The van der Waals surface area contributed by atoms with Gasteiger partial charge in [-0.3, -0.25) is 4.98 Å². The van der Waals surface area contributed by atoms with E-state index in [1.54, 1.807) is 6.20 Å². The lowest BCUT2D eigenvalue weighted by molar-refractivity contribution is 1.40. The molecule has 16 heavy (non-hydrogen) atoms. The number of fused-ring (bicyclic) bond motifs is 1. The molecule has 0 radical (unpaired) electrons. The fourth-order valence-corrected chi connectivity index (χ4v) is 1.87. The smallest absolute Gasteiger partial charge is 0.0885 e. The Bertz CT molecular complexity index is 593. The van der Waals surface area contributed by atoms with Crippen LogP contribution in [0.3, 0.4) is 0 Å². The van der Waals surface area contributed by atoms with Gasteiger partial charge >= 0.3 is 0 Å². The van der Waals surface area contributed by atoms with Crippen LogP contribution in [-0.2, 0) is 0 Å². The summed E-state index contributed by atoms with van der Waals surface area (Å²) in [6.45, 7) is 0. The lowest BCUT2D eigenvalue weighted by atomic mass is 10.2. The number of aromatic nitrogens is 2. The molecule has 3 rings (SSSR count). The van der Waals surface area contributed by atoms with E-state index in [4.69, 9.17) is 11.6 Å². The van der Waals surface area contributed by atoms with Crippen molar-refractivity contribution in [3.63, 3.8) is 0 Å². The third-order valence-electron chi connectivity index (χ3n) is 2.54. The minimum absolute atomic E-state index is 0.748. The van der Waals surface area contributed by atoms with Crippen molar-refractivity contribution in [2.75, 3.05) is 0 Å². The molecule has 1 N–H and O–H groups in total. The van der Waals surface area contributed by atoms with Crippen LogP contribution in [0, 0.1) is 0 Å². The summed E-state index contributed by atoms with van der Waals surface area (Å²) in [6.07, 6.45) is 1.79. The van der Waals surface area contributed by atoms with Gasteiger partial charge < -0.3 is 4.98 Å². The summed E-state index contributed by atoms with van der Waals surface area (Å²) in [5.74, 6) is 0. The second-order valence-electron chi connectivity index (χ2n) is 3.63. The summed E-state index contributed by atoms with van der Waals surface area (Å²) in [7, 11) is 0. The van der Waals surface area contributed by atoms with E-state index in [0.29, 0.717) is 0 Å². The third kappa shape index (κ3) is 1.57. The largest absolute Gasteiger partial charge is 0.353 e. The highest BCUT2D eigenvalue weighted by Gasteiger charge is 2.02. The van der Waals surface area contributed by atoms with Crippen LogP contribution in [0.2, 0.25) is 5.02 Å². The molecule has 0 aliphatic heterocycles. The molecule has 0 fully saturated rings. The molecule has 1 aromatic carbocycles. The maximum Gasteiger partial charge on any atom is 0.0885 e. The molecule has 0 saturated heterocycles. The zero-order valence-corrected chi connectivity index (χ0v) is 9.20. The summed E-state index contributed by atoms with van der Waals surface area (Å²) in [5.41, 5.74) is 4.20. The van der Waals surface area contributed by atoms with Gasteiger partial charge in [0.1, 0.15) is 0 Å². The van der Waals surface area contributed by atoms with Crippen LogP contribution in [0.4, 0.5) is 0 Å². The summed E-state index contributed by atoms with van der Waals surface area (Å²) in [4.78, 5) is 7.61. The van der Waals surface area contributed by atoms with Gasteiger partial charge in [0.05, 0.1) is 11.0 Å². The van der Waals surface area contributed by atoms with Gasteiger partial charge in [0.2, 0.25) is 0 Å². The number of pyridine rings is 1. The van der Waals surface area contributed by atoms with Gasteiger partial charge in [-0.15, -0.1) is 0 Å². The Morgan fingerprint density at radius 3 is 2.62 bits per heavy atom. The van der Waals surface area contributed by atoms with E-state index in [1.165, 1.54) is 0 Å². The van der Waals surface area contributed by atoms with Crippen LogP contribution in [-0.4, -0.2) is 9.97 Å². The number of hydrogen-bond donors (Lipinski definition) is 1. The van der Waals surface area contributed by atoms with Crippen LogP contribution in [0.1, 0.15) is 0 Å². The third-order valence-corrected chi connectivity index (χ3v) is 2.80. The number of halogens is 1. The first-order valence-electron chi connectivity index (χ1n) is 5.02. The monoisotopic (exact) mass is 228 g/mol. The highest BCUT2D eigenvalue weighted by atomic mass is 35.5. The molecule has 0 saturated carbocycles. The van der Waals surface area contributed by atoms with E-state index in [1.807, 2.05) is 42.5 Å². The number of nitrogens with one attached hydrogen (secondary N) is 1. The SMILES string of the molecule is Clc1ccc(-c2cc3ncccc3[nH]2)cc1. The minimum Gasteiger partial charge on any atom is -0.353 e. The molecule has 0 unspecified atom stereocenters. The Kier molecular flexibility index (Phi) is 2.15. The second kappa shape index (κ2) is 3.65. The van der Waals surface area contributed by atoms with Crippen LogP contribution in [0.25, 0.3) is 22.3 Å². The lowest BCUT2D eigenvalue weighted by Gasteiger charge is -1.96. The molecular weight excluding hydrogens is 220 g/mol. The second-order valence-corrected chi connectivity index (χ2v) is 4.06. The number of benzene rings is 1. The predicted molar refractivity (Wildman–Crippen MR) is 66.5 cm³/mol. The van der Waals surface area contributed by atoms with Crippen molar-refractivity contribution in [2.24, 2.45) is 0 Å². The van der Waals surface area contributed by atoms with Crippen LogP contribution in [0.5, 0.6) is 0 Å². The van der Waals surface area contributed by atoms with Crippen molar-refractivity contribution in [3.8, 4) is 11.3 Å². The van der Waals surface area contributed by atoms with Crippen molar-refractivity contribution in [3.05, 3.63) is 53.7 Å². The average molecular weight is 229 g/mol. The van der Waals surface area contributed by atoms with E-state index in [-0.39, 0.29) is 0 Å². The molecule has 0 amide bonds. The number of nitrogens with zero attached hydrogens (tertiary/aromatic N) is 1. The van der Waals surface area contributed by atoms with Crippen molar-refractivity contribution in [1.82, 2.24) is 9.97 Å². The first-order chi connectivity index (χ1) is 7.83. The van der Waals surface area contributed by atoms with E-state index in [9.17, 15) is 0 Å². The summed E-state index contributed by atoms with van der Waals surface area (Å²) >= 11 is 5.86. The van der Waals surface area contributed by atoms with Crippen LogP contribution in [0.15, 0.2) is 48.7 Å². The molecule has 3 aromatic rings. The molecule has 0 bridgehead atoms. The Hall–Kier alpha value is -1.80. The summed E-state index contributed by atoms with van der Waals surface area (Å²) < 4.78 is 0. The Morgan fingerprint density at radius 1 is 1.06 bits per heavy atom. The molecule has 2 heterocycles. The van der Waals surface area contributed by atoms with Crippen molar-refractivity contribution in [2.45, 2.75) is 0 Å². The van der Waals surface area contributed by atoms with Crippen LogP contribution < -0.4 is 0 Å². The van der Waals surface area contributed by atoms with Crippen molar-refractivity contribution in [1.29, 1.82) is 0 Å². The number of H-pyrrole nitrogens is 1. The number of hydrogen-bond acceptors (Lipinski definition) is 1. The summed E-state index contributed by atoms with van der Waals surface area (Å²) in [5, 5.41) is 0.748. The molecule has 78 valence electrons. The minimum atomic E-state index is 0.748. The van der Waals surface area contributed by atoms with Gasteiger partial charge in [0.15, 0.2) is 0 Å². The zero-order chi connectivity index (χ0) is 11.0. The first-order valence-corrected chi connectivity index (χ1v) is 5.40. The molecule has 2 aromatic heterocycles. The zero-order valence-electron chi connectivity index (χ0n) is 8.44. The molecule has 3 heteroatoms. The number of aromatic amines is 1. The number of rotatable bonds is 1. The highest BCUT2D eigenvalue weighted by molar-refractivity contribution is 6.30. The molecule has 2 nitrogen and oxygen atoms in total. The first kappa shape index (κ1) is 9.43. The predicted octanol–water partition coefficient (Wildman–Crippen LogP) is 3.88. The van der Waals surface area contributed by atoms with Gasteiger partial charge in [0, 0.05) is 16.9 Å². The van der Waals surface area contributed by atoms with E-state index >= 15 is 0 Å². The van der Waals surface area contributed by atoms with E-state index in [0.717, 1.165) is 27.3 Å². The topological polar surface area (TPSA) is 28.7 Å². The van der Waals surface area contributed by atoms with Gasteiger partial charge in [-0.1, -0.05) is 23.7 Å². The molecule has 0 spiro atoms. The molecule has 0 aliphatic rings. The fourth-order valence-electron chi connectivity index (χ4n) is 1.74. The van der Waals surface area contributed by atoms with E-state index in [2.05, 4.69) is 9.97 Å². The molecule has 0 aliphatic carbocycles.